The number of amides is 1. The Bertz CT molecular complexity index is 1600. The van der Waals surface area contributed by atoms with E-state index in [1.54, 1.807) is 18.7 Å². The fourth-order valence-electron chi connectivity index (χ4n) is 5.79. The Labute approximate surface area is 231 Å². The smallest absolute Gasteiger partial charge is 0.416 e. The Morgan fingerprint density at radius 1 is 1.25 bits per heavy atom. The van der Waals surface area contributed by atoms with Crippen LogP contribution >= 0.6 is 11.3 Å². The van der Waals surface area contributed by atoms with Crippen molar-refractivity contribution >= 4 is 17.2 Å². The largest absolute Gasteiger partial charge is 0.496 e. The van der Waals surface area contributed by atoms with E-state index in [0.717, 1.165) is 20.9 Å². The van der Waals surface area contributed by atoms with Gasteiger partial charge in [0.05, 0.1) is 35.8 Å². The van der Waals surface area contributed by atoms with Crippen LogP contribution in [0.3, 0.4) is 0 Å². The number of benzene rings is 1. The molecule has 0 radical (unpaired) electrons. The predicted octanol–water partition coefficient (Wildman–Crippen LogP) is 3.95. The molecule has 210 valence electrons. The van der Waals surface area contributed by atoms with Gasteiger partial charge in [0.1, 0.15) is 11.4 Å². The van der Waals surface area contributed by atoms with E-state index < -0.39 is 23.7 Å². The maximum Gasteiger partial charge on any atom is 0.416 e. The number of imidazole rings is 1. The number of carbonyl (C=O) groups is 1. The number of ether oxygens (including phenoxy) is 1. The molecule has 2 aliphatic rings. The molecule has 6 rings (SSSR count). The van der Waals surface area contributed by atoms with Crippen molar-refractivity contribution in [3.05, 3.63) is 41.0 Å². The van der Waals surface area contributed by atoms with Crippen LogP contribution in [0.1, 0.15) is 35.9 Å². The van der Waals surface area contributed by atoms with Crippen LogP contribution in [0.15, 0.2) is 29.6 Å². The Kier molecular flexibility index (Phi) is 6.22. The molecule has 14 heteroatoms. The average Bonchev–Trinajstić information content (AvgIpc) is 3.72. The number of nitrogens with zero attached hydrogens (tertiary/aromatic N) is 7. The van der Waals surface area contributed by atoms with Crippen LogP contribution in [0.5, 0.6) is 5.75 Å². The average molecular weight is 574 g/mol. The van der Waals surface area contributed by atoms with E-state index in [2.05, 4.69) is 15.4 Å². The van der Waals surface area contributed by atoms with Gasteiger partial charge in [-0.05, 0) is 60.5 Å². The molecule has 0 bridgehead atoms. The molecule has 1 fully saturated rings. The maximum absolute atomic E-state index is 14.0. The summed E-state index contributed by atoms with van der Waals surface area (Å²) in [5.74, 6) is 0.339. The molecule has 2 atom stereocenters. The van der Waals surface area contributed by atoms with E-state index in [0.29, 0.717) is 47.9 Å². The van der Waals surface area contributed by atoms with Crippen LogP contribution in [-0.2, 0) is 20.0 Å². The van der Waals surface area contributed by atoms with Gasteiger partial charge < -0.3 is 19.3 Å². The number of aliphatic hydroxyl groups is 1. The summed E-state index contributed by atoms with van der Waals surface area (Å²) < 4.78 is 48.3. The highest BCUT2D eigenvalue weighted by atomic mass is 32.1. The minimum atomic E-state index is -4.87. The van der Waals surface area contributed by atoms with Gasteiger partial charge in [0.15, 0.2) is 11.9 Å². The molecule has 2 aliphatic heterocycles. The van der Waals surface area contributed by atoms with Gasteiger partial charge in [0.25, 0.3) is 5.91 Å². The number of hydrogen-bond donors (Lipinski definition) is 1. The van der Waals surface area contributed by atoms with Crippen molar-refractivity contribution in [3.8, 4) is 39.0 Å². The van der Waals surface area contributed by atoms with E-state index in [1.807, 2.05) is 29.6 Å². The van der Waals surface area contributed by atoms with Gasteiger partial charge in [-0.3, -0.25) is 4.79 Å². The zero-order chi connectivity index (χ0) is 28.4. The van der Waals surface area contributed by atoms with Crippen LogP contribution in [-0.4, -0.2) is 77.1 Å². The molecule has 10 nitrogen and oxygen atoms in total. The molecule has 5 heterocycles. The fourth-order valence-corrected chi connectivity index (χ4v) is 6.50. The number of aliphatic hydroxyl groups excluding tert-OH is 1. The summed E-state index contributed by atoms with van der Waals surface area (Å²) in [5, 5.41) is 24.5. The molecule has 0 saturated carbocycles. The topological polar surface area (TPSA) is 111 Å². The summed E-state index contributed by atoms with van der Waals surface area (Å²) in [6.07, 6.45) is -6.63. The third kappa shape index (κ3) is 4.08. The number of hydrogen-bond acceptors (Lipinski definition) is 8. The third-order valence-corrected chi connectivity index (χ3v) is 8.65. The van der Waals surface area contributed by atoms with E-state index in [9.17, 15) is 23.1 Å². The van der Waals surface area contributed by atoms with Crippen LogP contribution in [0, 0.1) is 0 Å². The fraction of sp³-hybridized carbons (Fsp3) is 0.423. The summed E-state index contributed by atoms with van der Waals surface area (Å²) in [6, 6.07) is 7.56. The minimum Gasteiger partial charge on any atom is -0.496 e. The molecule has 0 unspecified atom stereocenters. The highest BCUT2D eigenvalue weighted by Gasteiger charge is 2.56. The van der Waals surface area contributed by atoms with Crippen molar-refractivity contribution in [3.63, 3.8) is 0 Å². The lowest BCUT2D eigenvalue weighted by atomic mass is 9.91. The molecule has 3 aromatic heterocycles. The molecule has 0 spiro atoms. The number of fused-ring (bicyclic) bond motifs is 3. The molecular formula is C26H26F3N7O3S. The molecule has 1 saturated heterocycles. The summed E-state index contributed by atoms with van der Waals surface area (Å²) in [5.41, 5.74) is 1.80. The standard InChI is InChI=1S/C26H26F3N7O3S/c1-25(24(38)26(27,28)29)8-5-9-36(25)23(37)22-30-19(18-6-4-11-40-18)20-15-13-16(21-31-33-34(2)32-21)17(39-3)12-14(15)7-10-35(20)22/h4,6,11-13,24,38H,5,7-10H2,1-3H3/t24-,25+/m0/s1. The Morgan fingerprint density at radius 3 is 2.70 bits per heavy atom. The van der Waals surface area contributed by atoms with Gasteiger partial charge in [-0.1, -0.05) is 6.07 Å². The first-order chi connectivity index (χ1) is 19.0. The third-order valence-electron chi connectivity index (χ3n) is 7.77. The lowest BCUT2D eigenvalue weighted by Crippen LogP contribution is -2.58. The van der Waals surface area contributed by atoms with Crippen molar-refractivity contribution in [2.45, 2.75) is 50.6 Å². The minimum absolute atomic E-state index is 0.0296. The highest BCUT2D eigenvalue weighted by Crippen LogP contribution is 2.45. The first-order valence-corrected chi connectivity index (χ1v) is 13.6. The molecule has 4 aromatic rings. The maximum atomic E-state index is 14.0. The zero-order valence-corrected chi connectivity index (χ0v) is 22.8. The van der Waals surface area contributed by atoms with Gasteiger partial charge in [0, 0.05) is 18.7 Å². The Balaban J connectivity index is 1.52. The number of alkyl halides is 3. The number of rotatable bonds is 5. The second-order valence-electron chi connectivity index (χ2n) is 10.2. The summed E-state index contributed by atoms with van der Waals surface area (Å²) in [7, 11) is 3.22. The van der Waals surface area contributed by atoms with Crippen molar-refractivity contribution < 1.29 is 27.8 Å². The summed E-state index contributed by atoms with van der Waals surface area (Å²) >= 11 is 1.45. The lowest BCUT2D eigenvalue weighted by molar-refractivity contribution is -0.232. The van der Waals surface area contributed by atoms with E-state index in [-0.39, 0.29) is 18.8 Å². The van der Waals surface area contributed by atoms with Gasteiger partial charge in [-0.2, -0.15) is 18.0 Å². The van der Waals surface area contributed by atoms with Crippen LogP contribution in [0.25, 0.3) is 33.2 Å². The molecule has 1 amide bonds. The number of tetrazole rings is 1. The SMILES string of the molecule is COc1cc2c(cc1-c1nnn(C)n1)-c1c(-c3cccs3)nc(C(=O)N3CCC[C@]3(C)[C@H](O)C(F)(F)F)n1CC2. The van der Waals surface area contributed by atoms with Gasteiger partial charge in [0.2, 0.25) is 5.82 Å². The number of thiophene rings is 1. The molecular weight excluding hydrogens is 547 g/mol. The second-order valence-corrected chi connectivity index (χ2v) is 11.1. The monoisotopic (exact) mass is 573 g/mol. The number of halogens is 3. The quantitative estimate of drug-likeness (QED) is 0.385. The molecule has 40 heavy (non-hydrogen) atoms. The van der Waals surface area contributed by atoms with Crippen molar-refractivity contribution in [1.82, 2.24) is 34.7 Å². The van der Waals surface area contributed by atoms with Crippen LogP contribution in [0.4, 0.5) is 13.2 Å². The highest BCUT2D eigenvalue weighted by molar-refractivity contribution is 7.13. The van der Waals surface area contributed by atoms with Crippen LogP contribution in [0.2, 0.25) is 0 Å². The first-order valence-electron chi connectivity index (χ1n) is 12.7. The first kappa shape index (κ1) is 26.4. The normalized spacial score (nSPS) is 19.4. The zero-order valence-electron chi connectivity index (χ0n) is 21.9. The molecule has 1 aromatic carbocycles. The van der Waals surface area contributed by atoms with Crippen molar-refractivity contribution in [1.29, 1.82) is 0 Å². The van der Waals surface area contributed by atoms with Crippen LogP contribution < -0.4 is 4.74 Å². The van der Waals surface area contributed by atoms with E-state index in [4.69, 9.17) is 9.72 Å². The number of methoxy groups -OCH3 is 1. The summed E-state index contributed by atoms with van der Waals surface area (Å²) in [4.78, 5) is 22.0. The predicted molar refractivity (Wildman–Crippen MR) is 140 cm³/mol. The van der Waals surface area contributed by atoms with Crippen molar-refractivity contribution in [2.24, 2.45) is 7.05 Å². The number of carbonyl (C=O) groups excluding carboxylic acids is 1. The number of aromatic nitrogens is 6. The molecule has 0 aliphatic carbocycles. The Hall–Kier alpha value is -3.78. The lowest BCUT2D eigenvalue weighted by Gasteiger charge is -2.39. The summed E-state index contributed by atoms with van der Waals surface area (Å²) in [6.45, 7) is 1.77. The number of aryl methyl sites for hydroxylation is 2. The van der Waals surface area contributed by atoms with E-state index in [1.165, 1.54) is 23.1 Å². The Morgan fingerprint density at radius 2 is 2.05 bits per heavy atom. The van der Waals surface area contributed by atoms with Gasteiger partial charge >= 0.3 is 6.18 Å². The van der Waals surface area contributed by atoms with Gasteiger partial charge in [-0.15, -0.1) is 21.5 Å². The number of likely N-dealkylation sites (tertiary alicyclic amines) is 1. The van der Waals surface area contributed by atoms with E-state index >= 15 is 0 Å². The second kappa shape index (κ2) is 9.41. The van der Waals surface area contributed by atoms with Crippen molar-refractivity contribution in [2.75, 3.05) is 13.7 Å². The van der Waals surface area contributed by atoms with Gasteiger partial charge in [-0.25, -0.2) is 4.98 Å². The molecule has 1 N–H and O–H groups in total.